The standard InChI is InChI=1S/C23H17ClFNO3S/c1-2-29-20-11-10-14-6-3-4-7-15(14)16(20)12-21-22(27)26(23(28)30-21)13-17-18(24)8-5-9-19(17)25/h3-12H,2,13H2,1H3/b21-12+. The molecule has 1 aliphatic rings. The number of nitrogens with zero attached hydrogens (tertiary/aromatic N) is 1. The van der Waals surface area contributed by atoms with Crippen LogP contribution in [0.2, 0.25) is 5.02 Å². The number of carbonyl (C=O) groups is 2. The van der Waals surface area contributed by atoms with Gasteiger partial charge in [0.1, 0.15) is 11.6 Å². The number of halogens is 2. The van der Waals surface area contributed by atoms with E-state index in [2.05, 4.69) is 0 Å². The van der Waals surface area contributed by atoms with Gasteiger partial charge in [0.25, 0.3) is 11.1 Å². The highest BCUT2D eigenvalue weighted by molar-refractivity contribution is 8.18. The van der Waals surface area contributed by atoms with Crippen molar-refractivity contribution in [3.63, 3.8) is 0 Å². The maximum absolute atomic E-state index is 14.1. The lowest BCUT2D eigenvalue weighted by Gasteiger charge is -2.14. The first-order chi connectivity index (χ1) is 14.5. The van der Waals surface area contributed by atoms with Crippen molar-refractivity contribution in [3.8, 4) is 5.75 Å². The van der Waals surface area contributed by atoms with Gasteiger partial charge in [-0.3, -0.25) is 14.5 Å². The molecule has 2 amide bonds. The van der Waals surface area contributed by atoms with E-state index in [-0.39, 0.29) is 22.0 Å². The molecule has 0 unspecified atom stereocenters. The van der Waals surface area contributed by atoms with Gasteiger partial charge in [0.05, 0.1) is 18.1 Å². The number of imide groups is 1. The Hall–Kier alpha value is -2.83. The third-order valence-electron chi connectivity index (χ3n) is 4.76. The van der Waals surface area contributed by atoms with Crippen LogP contribution >= 0.6 is 23.4 Å². The predicted octanol–water partition coefficient (Wildman–Crippen LogP) is 6.27. The van der Waals surface area contributed by atoms with E-state index in [4.69, 9.17) is 16.3 Å². The van der Waals surface area contributed by atoms with Gasteiger partial charge in [0.15, 0.2) is 0 Å². The first-order valence-electron chi connectivity index (χ1n) is 9.32. The molecule has 7 heteroatoms. The van der Waals surface area contributed by atoms with E-state index >= 15 is 0 Å². The lowest BCUT2D eigenvalue weighted by Crippen LogP contribution is -2.28. The average Bonchev–Trinajstić information content (AvgIpc) is 2.99. The SMILES string of the molecule is CCOc1ccc2ccccc2c1/C=C1/SC(=O)N(Cc2c(F)cccc2Cl)C1=O. The number of amides is 2. The van der Waals surface area contributed by atoms with Crippen LogP contribution in [0.1, 0.15) is 18.1 Å². The number of ether oxygens (including phenoxy) is 1. The zero-order valence-electron chi connectivity index (χ0n) is 16.0. The maximum atomic E-state index is 14.1. The molecule has 1 aliphatic heterocycles. The molecule has 0 atom stereocenters. The van der Waals surface area contributed by atoms with Crippen molar-refractivity contribution in [3.05, 3.63) is 81.5 Å². The van der Waals surface area contributed by atoms with Crippen LogP contribution in [0.4, 0.5) is 9.18 Å². The minimum absolute atomic E-state index is 0.114. The highest BCUT2D eigenvalue weighted by Gasteiger charge is 2.36. The minimum Gasteiger partial charge on any atom is -0.493 e. The molecule has 4 rings (SSSR count). The largest absolute Gasteiger partial charge is 0.493 e. The number of carbonyl (C=O) groups excluding carboxylic acids is 2. The summed E-state index contributed by atoms with van der Waals surface area (Å²) in [5.41, 5.74) is 0.840. The number of thioether (sulfide) groups is 1. The lowest BCUT2D eigenvalue weighted by molar-refractivity contribution is -0.123. The van der Waals surface area contributed by atoms with Gasteiger partial charge < -0.3 is 4.74 Å². The fraction of sp³-hybridized carbons (Fsp3) is 0.130. The third-order valence-corrected chi connectivity index (χ3v) is 6.02. The van der Waals surface area contributed by atoms with Crippen LogP contribution in [0.3, 0.4) is 0 Å². The maximum Gasteiger partial charge on any atom is 0.293 e. The summed E-state index contributed by atoms with van der Waals surface area (Å²) in [5.74, 6) is -0.418. The summed E-state index contributed by atoms with van der Waals surface area (Å²) in [6.07, 6.45) is 1.67. The van der Waals surface area contributed by atoms with Crippen molar-refractivity contribution < 1.29 is 18.7 Å². The molecule has 0 aromatic heterocycles. The van der Waals surface area contributed by atoms with Crippen LogP contribution < -0.4 is 4.74 Å². The molecule has 4 nitrogen and oxygen atoms in total. The highest BCUT2D eigenvalue weighted by Crippen LogP contribution is 2.38. The van der Waals surface area contributed by atoms with Gasteiger partial charge in [-0.25, -0.2) is 4.39 Å². The van der Waals surface area contributed by atoms with E-state index in [9.17, 15) is 14.0 Å². The molecule has 0 N–H and O–H groups in total. The minimum atomic E-state index is -0.557. The second-order valence-corrected chi connectivity index (χ2v) is 8.00. The molecule has 0 bridgehead atoms. The summed E-state index contributed by atoms with van der Waals surface area (Å²) in [6.45, 7) is 2.12. The Labute approximate surface area is 182 Å². The van der Waals surface area contributed by atoms with Gasteiger partial charge in [-0.15, -0.1) is 0 Å². The van der Waals surface area contributed by atoms with Crippen LogP contribution in [-0.4, -0.2) is 22.7 Å². The third kappa shape index (κ3) is 3.80. The van der Waals surface area contributed by atoms with Crippen LogP contribution in [0, 0.1) is 5.82 Å². The Balaban J connectivity index is 1.73. The topological polar surface area (TPSA) is 46.6 Å². The Kier molecular flexibility index (Phi) is 5.79. The van der Waals surface area contributed by atoms with Gasteiger partial charge in [-0.05, 0) is 53.7 Å². The van der Waals surface area contributed by atoms with Gasteiger partial charge in [-0.2, -0.15) is 0 Å². The Morgan fingerprint density at radius 1 is 1.10 bits per heavy atom. The van der Waals surface area contributed by atoms with E-state index in [1.165, 1.54) is 18.2 Å². The molecule has 0 radical (unpaired) electrons. The fourth-order valence-electron chi connectivity index (χ4n) is 3.31. The fourth-order valence-corrected chi connectivity index (χ4v) is 4.36. The number of hydrogen-bond donors (Lipinski definition) is 0. The molecule has 3 aromatic rings. The summed E-state index contributed by atoms with van der Waals surface area (Å²) in [7, 11) is 0. The number of hydrogen-bond acceptors (Lipinski definition) is 4. The second-order valence-electron chi connectivity index (χ2n) is 6.60. The van der Waals surface area contributed by atoms with Gasteiger partial charge in [-0.1, -0.05) is 48.0 Å². The van der Waals surface area contributed by atoms with Crippen molar-refractivity contribution in [2.24, 2.45) is 0 Å². The molecule has 0 spiro atoms. The smallest absolute Gasteiger partial charge is 0.293 e. The van der Waals surface area contributed by atoms with Crippen LogP contribution in [-0.2, 0) is 11.3 Å². The van der Waals surface area contributed by atoms with E-state index in [0.29, 0.717) is 12.4 Å². The van der Waals surface area contributed by atoms with Crippen LogP contribution in [0.15, 0.2) is 59.5 Å². The molecule has 1 heterocycles. The molecule has 1 saturated heterocycles. The summed E-state index contributed by atoms with van der Waals surface area (Å²) in [4.78, 5) is 26.7. The van der Waals surface area contributed by atoms with Gasteiger partial charge >= 0.3 is 0 Å². The molecule has 152 valence electrons. The second kappa shape index (κ2) is 8.50. The Morgan fingerprint density at radius 2 is 1.90 bits per heavy atom. The van der Waals surface area contributed by atoms with E-state index in [0.717, 1.165) is 33.0 Å². The van der Waals surface area contributed by atoms with Crippen LogP contribution in [0.5, 0.6) is 5.75 Å². The monoisotopic (exact) mass is 441 g/mol. The van der Waals surface area contributed by atoms with Crippen molar-refractivity contribution in [2.45, 2.75) is 13.5 Å². The summed E-state index contributed by atoms with van der Waals surface area (Å²) >= 11 is 6.88. The molecule has 3 aromatic carbocycles. The first-order valence-corrected chi connectivity index (χ1v) is 10.5. The lowest BCUT2D eigenvalue weighted by atomic mass is 10.0. The molecular weight excluding hydrogens is 425 g/mol. The predicted molar refractivity (Wildman–Crippen MR) is 118 cm³/mol. The Bertz CT molecular complexity index is 1170. The average molecular weight is 442 g/mol. The number of fused-ring (bicyclic) bond motifs is 1. The summed E-state index contributed by atoms with van der Waals surface area (Å²) in [5, 5.41) is 1.60. The zero-order valence-corrected chi connectivity index (χ0v) is 17.6. The van der Waals surface area contributed by atoms with E-state index in [1.807, 2.05) is 43.3 Å². The van der Waals surface area contributed by atoms with Crippen molar-refractivity contribution >= 4 is 51.4 Å². The quantitative estimate of drug-likeness (QED) is 0.438. The summed E-state index contributed by atoms with van der Waals surface area (Å²) in [6, 6.07) is 15.8. The number of benzene rings is 3. The van der Waals surface area contributed by atoms with E-state index < -0.39 is 17.0 Å². The van der Waals surface area contributed by atoms with Crippen molar-refractivity contribution in [1.29, 1.82) is 0 Å². The van der Waals surface area contributed by atoms with Gasteiger partial charge in [0, 0.05) is 16.1 Å². The zero-order chi connectivity index (χ0) is 21.3. The van der Waals surface area contributed by atoms with Crippen molar-refractivity contribution in [1.82, 2.24) is 4.90 Å². The summed E-state index contributed by atoms with van der Waals surface area (Å²) < 4.78 is 19.9. The van der Waals surface area contributed by atoms with Gasteiger partial charge in [0.2, 0.25) is 0 Å². The first kappa shape index (κ1) is 20.4. The highest BCUT2D eigenvalue weighted by atomic mass is 35.5. The molecule has 1 fully saturated rings. The molecule has 0 saturated carbocycles. The molecule has 0 aliphatic carbocycles. The van der Waals surface area contributed by atoms with Crippen LogP contribution in [0.25, 0.3) is 16.8 Å². The van der Waals surface area contributed by atoms with E-state index in [1.54, 1.807) is 6.08 Å². The molecule has 30 heavy (non-hydrogen) atoms. The molecular formula is C23H17ClFNO3S. The normalized spacial score (nSPS) is 15.4. The van der Waals surface area contributed by atoms with Crippen molar-refractivity contribution in [2.75, 3.05) is 6.61 Å². The number of rotatable bonds is 5. The Morgan fingerprint density at radius 3 is 2.67 bits per heavy atom.